The Kier molecular flexibility index (Phi) is 8.26. The van der Waals surface area contributed by atoms with Crippen molar-refractivity contribution in [2.45, 2.75) is 52.4 Å². The predicted octanol–water partition coefficient (Wildman–Crippen LogP) is 3.05. The van der Waals surface area contributed by atoms with Crippen LogP contribution in [-0.2, 0) is 25.6 Å². The molecule has 1 amide bonds. The number of carbonyl (C=O) groups is 2. The van der Waals surface area contributed by atoms with Gasteiger partial charge < -0.3 is 19.5 Å². The van der Waals surface area contributed by atoms with Crippen molar-refractivity contribution < 1.29 is 23.8 Å². The molecular weight excluding hydrogens is 310 g/mol. The summed E-state index contributed by atoms with van der Waals surface area (Å²) in [5.41, 5.74) is 0.433. The van der Waals surface area contributed by atoms with E-state index in [1.165, 1.54) is 0 Å². The van der Waals surface area contributed by atoms with Gasteiger partial charge in [-0.1, -0.05) is 30.3 Å². The SMILES string of the molecule is C[C@H](COCCC(=O)OC(C)(C)C)NC(=O)OCc1ccccc1. The molecular formula is C18H27NO5. The van der Waals surface area contributed by atoms with E-state index in [-0.39, 0.29) is 31.6 Å². The number of nitrogens with one attached hydrogen (secondary N) is 1. The molecule has 0 heterocycles. The highest BCUT2D eigenvalue weighted by Crippen LogP contribution is 2.08. The highest BCUT2D eigenvalue weighted by Gasteiger charge is 2.16. The molecule has 0 bridgehead atoms. The van der Waals surface area contributed by atoms with Crippen LogP contribution in [0.25, 0.3) is 0 Å². The summed E-state index contributed by atoms with van der Waals surface area (Å²) in [6.45, 7) is 8.02. The summed E-state index contributed by atoms with van der Waals surface area (Å²) in [4.78, 5) is 23.2. The second kappa shape index (κ2) is 9.93. The van der Waals surface area contributed by atoms with Gasteiger partial charge in [0, 0.05) is 0 Å². The van der Waals surface area contributed by atoms with Crippen LogP contribution < -0.4 is 5.32 Å². The summed E-state index contributed by atoms with van der Waals surface area (Å²) < 4.78 is 15.7. The van der Waals surface area contributed by atoms with E-state index in [0.29, 0.717) is 6.61 Å². The van der Waals surface area contributed by atoms with Gasteiger partial charge in [0.2, 0.25) is 0 Å². The maximum absolute atomic E-state index is 11.7. The molecule has 134 valence electrons. The first-order valence-corrected chi connectivity index (χ1v) is 8.03. The molecule has 0 fully saturated rings. The fourth-order valence-electron chi connectivity index (χ4n) is 1.82. The molecule has 0 aliphatic carbocycles. The number of esters is 1. The number of ether oxygens (including phenoxy) is 3. The summed E-state index contributed by atoms with van der Waals surface area (Å²) in [5, 5.41) is 2.67. The van der Waals surface area contributed by atoms with Crippen LogP contribution in [0.5, 0.6) is 0 Å². The molecule has 1 N–H and O–H groups in total. The van der Waals surface area contributed by atoms with Gasteiger partial charge in [-0.2, -0.15) is 0 Å². The molecule has 0 unspecified atom stereocenters. The Bertz CT molecular complexity index is 510. The lowest BCUT2D eigenvalue weighted by atomic mass is 10.2. The van der Waals surface area contributed by atoms with Gasteiger partial charge in [-0.05, 0) is 33.3 Å². The quantitative estimate of drug-likeness (QED) is 0.583. The molecule has 0 radical (unpaired) electrons. The fraction of sp³-hybridized carbons (Fsp3) is 0.556. The van der Waals surface area contributed by atoms with Crippen molar-refractivity contribution in [2.24, 2.45) is 0 Å². The third kappa shape index (κ3) is 9.84. The lowest BCUT2D eigenvalue weighted by Gasteiger charge is -2.19. The number of alkyl carbamates (subject to hydrolysis) is 1. The second-order valence-electron chi connectivity index (χ2n) is 6.52. The smallest absolute Gasteiger partial charge is 0.407 e. The van der Waals surface area contributed by atoms with Gasteiger partial charge in [0.25, 0.3) is 0 Å². The van der Waals surface area contributed by atoms with Crippen molar-refractivity contribution in [3.63, 3.8) is 0 Å². The average molecular weight is 337 g/mol. The zero-order valence-electron chi connectivity index (χ0n) is 14.8. The minimum Gasteiger partial charge on any atom is -0.460 e. The Balaban J connectivity index is 2.11. The highest BCUT2D eigenvalue weighted by atomic mass is 16.6. The maximum Gasteiger partial charge on any atom is 0.407 e. The zero-order chi connectivity index (χ0) is 18.0. The average Bonchev–Trinajstić information content (AvgIpc) is 2.49. The van der Waals surface area contributed by atoms with Crippen LogP contribution in [-0.4, -0.2) is 36.9 Å². The van der Waals surface area contributed by atoms with Gasteiger partial charge in [-0.15, -0.1) is 0 Å². The van der Waals surface area contributed by atoms with Crippen molar-refractivity contribution in [1.29, 1.82) is 0 Å². The predicted molar refractivity (Wildman–Crippen MR) is 90.5 cm³/mol. The largest absolute Gasteiger partial charge is 0.460 e. The first-order valence-electron chi connectivity index (χ1n) is 8.03. The molecule has 6 nitrogen and oxygen atoms in total. The zero-order valence-corrected chi connectivity index (χ0v) is 14.8. The number of rotatable bonds is 8. The first-order chi connectivity index (χ1) is 11.3. The Morgan fingerprint density at radius 3 is 2.46 bits per heavy atom. The number of carbonyl (C=O) groups excluding carboxylic acids is 2. The summed E-state index contributed by atoms with van der Waals surface area (Å²) in [6.07, 6.45) is -0.315. The Morgan fingerprint density at radius 2 is 1.83 bits per heavy atom. The minimum absolute atomic E-state index is 0.183. The number of benzene rings is 1. The van der Waals surface area contributed by atoms with E-state index in [0.717, 1.165) is 5.56 Å². The van der Waals surface area contributed by atoms with Gasteiger partial charge in [-0.3, -0.25) is 4.79 Å². The molecule has 1 atom stereocenters. The molecule has 0 aliphatic rings. The molecule has 0 saturated carbocycles. The Morgan fingerprint density at radius 1 is 1.17 bits per heavy atom. The van der Waals surface area contributed by atoms with Crippen LogP contribution in [0.15, 0.2) is 30.3 Å². The summed E-state index contributed by atoms with van der Waals surface area (Å²) in [6, 6.07) is 9.23. The van der Waals surface area contributed by atoms with Gasteiger partial charge in [0.15, 0.2) is 0 Å². The van der Waals surface area contributed by atoms with E-state index in [9.17, 15) is 9.59 Å². The van der Waals surface area contributed by atoms with Crippen molar-refractivity contribution >= 4 is 12.1 Å². The van der Waals surface area contributed by atoms with E-state index >= 15 is 0 Å². The molecule has 0 aromatic heterocycles. The van der Waals surface area contributed by atoms with Crippen LogP contribution in [0.1, 0.15) is 39.7 Å². The normalized spacial score (nSPS) is 12.3. The number of hydrogen-bond acceptors (Lipinski definition) is 5. The van der Waals surface area contributed by atoms with Gasteiger partial charge in [0.05, 0.1) is 25.7 Å². The topological polar surface area (TPSA) is 73.9 Å². The summed E-state index contributed by atoms with van der Waals surface area (Å²) in [5.74, 6) is -0.301. The summed E-state index contributed by atoms with van der Waals surface area (Å²) in [7, 11) is 0. The van der Waals surface area contributed by atoms with Gasteiger partial charge in [-0.25, -0.2) is 4.79 Å². The third-order valence-electron chi connectivity index (χ3n) is 2.82. The molecule has 1 rings (SSSR count). The van der Waals surface area contributed by atoms with Crippen LogP contribution >= 0.6 is 0 Å². The molecule has 1 aromatic carbocycles. The number of amides is 1. The minimum atomic E-state index is -0.498. The standard InChI is InChI=1S/C18H27NO5/c1-14(12-22-11-10-16(20)24-18(2,3)4)19-17(21)23-13-15-8-6-5-7-9-15/h5-9,14H,10-13H2,1-4H3,(H,19,21)/t14-/m1/s1. The van der Waals surface area contributed by atoms with Crippen LogP contribution in [0.4, 0.5) is 4.79 Å². The highest BCUT2D eigenvalue weighted by molar-refractivity contribution is 5.70. The monoisotopic (exact) mass is 337 g/mol. The van der Waals surface area contributed by atoms with Crippen molar-refractivity contribution in [3.05, 3.63) is 35.9 Å². The molecule has 1 aromatic rings. The summed E-state index contributed by atoms with van der Waals surface area (Å²) >= 11 is 0. The van der Waals surface area contributed by atoms with Crippen molar-refractivity contribution in [1.82, 2.24) is 5.32 Å². The first kappa shape index (κ1) is 20.0. The van der Waals surface area contributed by atoms with Crippen LogP contribution in [0.2, 0.25) is 0 Å². The lowest BCUT2D eigenvalue weighted by Crippen LogP contribution is -2.36. The van der Waals surface area contributed by atoms with E-state index in [4.69, 9.17) is 14.2 Å². The number of hydrogen-bond donors (Lipinski definition) is 1. The van der Waals surface area contributed by atoms with E-state index in [1.807, 2.05) is 51.1 Å². The lowest BCUT2D eigenvalue weighted by molar-refractivity contribution is -0.156. The van der Waals surface area contributed by atoms with Crippen molar-refractivity contribution in [3.8, 4) is 0 Å². The Labute approximate surface area is 143 Å². The molecule has 0 spiro atoms. The molecule has 24 heavy (non-hydrogen) atoms. The van der Waals surface area contributed by atoms with E-state index < -0.39 is 11.7 Å². The van der Waals surface area contributed by atoms with E-state index in [1.54, 1.807) is 6.92 Å². The van der Waals surface area contributed by atoms with Gasteiger partial charge >= 0.3 is 12.1 Å². The van der Waals surface area contributed by atoms with Gasteiger partial charge in [0.1, 0.15) is 12.2 Å². The van der Waals surface area contributed by atoms with Crippen LogP contribution in [0.3, 0.4) is 0 Å². The molecule has 0 aliphatic heterocycles. The second-order valence-corrected chi connectivity index (χ2v) is 6.52. The molecule has 0 saturated heterocycles. The van der Waals surface area contributed by atoms with E-state index in [2.05, 4.69) is 5.32 Å². The van der Waals surface area contributed by atoms with Crippen molar-refractivity contribution in [2.75, 3.05) is 13.2 Å². The fourth-order valence-corrected chi connectivity index (χ4v) is 1.82. The maximum atomic E-state index is 11.7. The molecule has 6 heteroatoms. The third-order valence-corrected chi connectivity index (χ3v) is 2.82. The van der Waals surface area contributed by atoms with Crippen LogP contribution in [0, 0.1) is 0 Å². The Hall–Kier alpha value is -2.08.